The third-order valence-corrected chi connectivity index (χ3v) is 4.82. The molecule has 3 rings (SSSR count). The molecule has 0 radical (unpaired) electrons. The highest BCUT2D eigenvalue weighted by Crippen LogP contribution is 2.38. The predicted octanol–water partition coefficient (Wildman–Crippen LogP) is 3.65. The van der Waals surface area contributed by atoms with Crippen molar-refractivity contribution in [2.24, 2.45) is 0 Å². The molecule has 4 heteroatoms. The summed E-state index contributed by atoms with van der Waals surface area (Å²) in [6.45, 7) is 5.56. The van der Waals surface area contributed by atoms with Crippen LogP contribution in [0.4, 0.5) is 0 Å². The minimum absolute atomic E-state index is 0.130. The molecule has 0 amide bonds. The molecule has 0 bridgehead atoms. The van der Waals surface area contributed by atoms with E-state index in [9.17, 15) is 9.90 Å². The van der Waals surface area contributed by atoms with Gasteiger partial charge in [0.1, 0.15) is 5.60 Å². The molecule has 0 aliphatic carbocycles. The van der Waals surface area contributed by atoms with Crippen LogP contribution in [0.25, 0.3) is 0 Å². The summed E-state index contributed by atoms with van der Waals surface area (Å²) in [5.74, 6) is -0.745. The lowest BCUT2D eigenvalue weighted by Crippen LogP contribution is -2.40. The van der Waals surface area contributed by atoms with Crippen LogP contribution in [0.15, 0.2) is 60.7 Å². The lowest BCUT2D eigenvalue weighted by molar-refractivity contribution is -0.136. The van der Waals surface area contributed by atoms with Crippen molar-refractivity contribution in [2.75, 3.05) is 6.54 Å². The number of rotatable bonds is 4. The summed E-state index contributed by atoms with van der Waals surface area (Å²) in [5.41, 5.74) is 1.61. The molecular formula is C21H27NO3. The van der Waals surface area contributed by atoms with Crippen molar-refractivity contribution in [2.45, 2.75) is 44.9 Å². The minimum atomic E-state index is -0.745. The van der Waals surface area contributed by atoms with E-state index in [2.05, 4.69) is 36.1 Å². The van der Waals surface area contributed by atoms with E-state index in [1.807, 2.05) is 36.4 Å². The van der Waals surface area contributed by atoms with Crippen molar-refractivity contribution >= 4 is 5.97 Å². The lowest BCUT2D eigenvalue weighted by atomic mass is 9.87. The Morgan fingerprint density at radius 1 is 1.12 bits per heavy atom. The number of aliphatic hydroxyl groups is 1. The molecule has 25 heavy (non-hydrogen) atoms. The molecule has 1 aliphatic heterocycles. The van der Waals surface area contributed by atoms with E-state index in [0.29, 0.717) is 0 Å². The number of carbonyl (C=O) groups is 1. The van der Waals surface area contributed by atoms with E-state index >= 15 is 0 Å². The maximum Gasteiger partial charge on any atom is 0.303 e. The molecule has 2 unspecified atom stereocenters. The Morgan fingerprint density at radius 2 is 1.64 bits per heavy atom. The van der Waals surface area contributed by atoms with Gasteiger partial charge in [0.15, 0.2) is 0 Å². The molecule has 0 spiro atoms. The largest absolute Gasteiger partial charge is 0.481 e. The quantitative estimate of drug-likeness (QED) is 0.891. The molecule has 1 heterocycles. The molecule has 1 aliphatic rings. The zero-order valence-corrected chi connectivity index (χ0v) is 14.9. The van der Waals surface area contributed by atoms with Crippen LogP contribution in [0.1, 0.15) is 37.8 Å². The third kappa shape index (κ3) is 4.91. The van der Waals surface area contributed by atoms with Gasteiger partial charge < -0.3 is 10.2 Å². The number of likely N-dealkylation sites (tertiary alicyclic amines) is 1. The molecule has 2 atom stereocenters. The van der Waals surface area contributed by atoms with Gasteiger partial charge in [-0.05, 0) is 24.5 Å². The monoisotopic (exact) mass is 341 g/mol. The molecule has 2 aromatic rings. The van der Waals surface area contributed by atoms with E-state index in [0.717, 1.165) is 25.1 Å². The summed E-state index contributed by atoms with van der Waals surface area (Å²) in [6.07, 6.45) is 1.02. The van der Waals surface area contributed by atoms with Crippen LogP contribution < -0.4 is 0 Å². The van der Waals surface area contributed by atoms with Crippen LogP contribution in [0.5, 0.6) is 0 Å². The number of carboxylic acids is 1. The van der Waals surface area contributed by atoms with E-state index in [1.165, 1.54) is 5.56 Å². The van der Waals surface area contributed by atoms with Gasteiger partial charge in [0.2, 0.25) is 0 Å². The van der Waals surface area contributed by atoms with Crippen LogP contribution >= 0.6 is 0 Å². The third-order valence-electron chi connectivity index (χ3n) is 4.82. The standard InChI is InChI=1S/C18H21NO.C3H6O2/c1-15-18(20,17-10-6-3-7-11-17)12-13-19(15)14-16-8-4-2-5-9-16;1-2-3(4)5/h2-11,15,20H,12-14H2,1H3;2H2,1H3,(H,4,5). The number of nitrogens with zero attached hydrogens (tertiary/aromatic N) is 1. The SMILES string of the molecule is CC1N(Cc2ccccc2)CCC1(O)c1ccccc1.CCC(=O)O. The van der Waals surface area contributed by atoms with E-state index in [1.54, 1.807) is 6.92 Å². The summed E-state index contributed by atoms with van der Waals surface area (Å²) >= 11 is 0. The average molecular weight is 341 g/mol. The van der Waals surface area contributed by atoms with Gasteiger partial charge in [-0.25, -0.2) is 0 Å². The topological polar surface area (TPSA) is 60.8 Å². The van der Waals surface area contributed by atoms with Gasteiger partial charge >= 0.3 is 5.97 Å². The fraction of sp³-hybridized carbons (Fsp3) is 0.381. The Kier molecular flexibility index (Phi) is 6.73. The number of hydrogen-bond acceptors (Lipinski definition) is 3. The van der Waals surface area contributed by atoms with Crippen LogP contribution in [0.2, 0.25) is 0 Å². The zero-order chi connectivity index (χ0) is 18.3. The highest BCUT2D eigenvalue weighted by Gasteiger charge is 2.44. The van der Waals surface area contributed by atoms with Crippen LogP contribution in [-0.4, -0.2) is 33.7 Å². The Morgan fingerprint density at radius 3 is 2.16 bits per heavy atom. The highest BCUT2D eigenvalue weighted by molar-refractivity contribution is 5.66. The van der Waals surface area contributed by atoms with Gasteiger partial charge in [-0.1, -0.05) is 67.6 Å². The summed E-state index contributed by atoms with van der Waals surface area (Å²) < 4.78 is 0. The van der Waals surface area contributed by atoms with Crippen molar-refractivity contribution in [3.8, 4) is 0 Å². The van der Waals surface area contributed by atoms with E-state index in [4.69, 9.17) is 5.11 Å². The molecule has 0 saturated carbocycles. The summed E-state index contributed by atoms with van der Waals surface area (Å²) in [5, 5.41) is 18.8. The van der Waals surface area contributed by atoms with Gasteiger partial charge in [-0.3, -0.25) is 9.69 Å². The van der Waals surface area contributed by atoms with Gasteiger partial charge in [0, 0.05) is 25.6 Å². The summed E-state index contributed by atoms with van der Waals surface area (Å²) in [7, 11) is 0. The highest BCUT2D eigenvalue weighted by atomic mass is 16.4. The van der Waals surface area contributed by atoms with Crippen LogP contribution in [0.3, 0.4) is 0 Å². The van der Waals surface area contributed by atoms with Crippen molar-refractivity contribution in [1.82, 2.24) is 4.90 Å². The first-order valence-electron chi connectivity index (χ1n) is 8.75. The number of hydrogen-bond donors (Lipinski definition) is 2. The first-order chi connectivity index (χ1) is 12.0. The van der Waals surface area contributed by atoms with E-state index < -0.39 is 11.6 Å². The Balaban J connectivity index is 0.000000399. The summed E-state index contributed by atoms with van der Waals surface area (Å²) in [6, 6.07) is 20.7. The number of benzene rings is 2. The second-order valence-electron chi connectivity index (χ2n) is 6.42. The second kappa shape index (κ2) is 8.79. The van der Waals surface area contributed by atoms with E-state index in [-0.39, 0.29) is 12.5 Å². The van der Waals surface area contributed by atoms with Crippen molar-refractivity contribution < 1.29 is 15.0 Å². The smallest absolute Gasteiger partial charge is 0.303 e. The fourth-order valence-electron chi connectivity index (χ4n) is 3.16. The molecule has 134 valence electrons. The minimum Gasteiger partial charge on any atom is -0.481 e. The number of aliphatic carboxylic acids is 1. The zero-order valence-electron chi connectivity index (χ0n) is 14.9. The van der Waals surface area contributed by atoms with Gasteiger partial charge in [0.05, 0.1) is 0 Å². The average Bonchev–Trinajstić information content (AvgIpc) is 2.93. The van der Waals surface area contributed by atoms with Gasteiger partial charge in [0.25, 0.3) is 0 Å². The second-order valence-corrected chi connectivity index (χ2v) is 6.42. The Labute approximate surface area is 149 Å². The first-order valence-corrected chi connectivity index (χ1v) is 8.75. The predicted molar refractivity (Wildman–Crippen MR) is 99.2 cm³/mol. The van der Waals surface area contributed by atoms with Crippen molar-refractivity contribution in [1.29, 1.82) is 0 Å². The van der Waals surface area contributed by atoms with Gasteiger partial charge in [-0.2, -0.15) is 0 Å². The van der Waals surface area contributed by atoms with Crippen molar-refractivity contribution in [3.05, 3.63) is 71.8 Å². The molecule has 1 saturated heterocycles. The molecule has 2 aromatic carbocycles. The normalized spacial score (nSPS) is 22.9. The van der Waals surface area contributed by atoms with Crippen LogP contribution in [0, 0.1) is 0 Å². The molecule has 2 N–H and O–H groups in total. The Hall–Kier alpha value is -2.17. The molecule has 1 fully saturated rings. The van der Waals surface area contributed by atoms with Crippen LogP contribution in [-0.2, 0) is 16.9 Å². The first kappa shape index (κ1) is 19.2. The molecule has 4 nitrogen and oxygen atoms in total. The molecule has 0 aromatic heterocycles. The molecular weight excluding hydrogens is 314 g/mol. The number of carboxylic acid groups (broad SMARTS) is 1. The lowest BCUT2D eigenvalue weighted by Gasteiger charge is -2.32. The summed E-state index contributed by atoms with van der Waals surface area (Å²) in [4.78, 5) is 11.7. The van der Waals surface area contributed by atoms with Crippen molar-refractivity contribution in [3.63, 3.8) is 0 Å². The maximum atomic E-state index is 11.0. The fourth-order valence-corrected chi connectivity index (χ4v) is 3.16. The van der Waals surface area contributed by atoms with Gasteiger partial charge in [-0.15, -0.1) is 0 Å². The Bertz CT molecular complexity index is 659. The maximum absolute atomic E-state index is 11.0.